The Morgan fingerprint density at radius 2 is 1.71 bits per heavy atom. The topological polar surface area (TPSA) is 61.5 Å². The molecule has 0 saturated heterocycles. The molecular weight excluding hydrogens is 218 g/mol. The largest absolute Gasteiger partial charge is 0.490 e. The summed E-state index contributed by atoms with van der Waals surface area (Å²) in [6.07, 6.45) is 1.82. The van der Waals surface area contributed by atoms with Crippen molar-refractivity contribution in [2.24, 2.45) is 5.73 Å². The van der Waals surface area contributed by atoms with Crippen LogP contribution in [-0.2, 0) is 0 Å². The molecule has 1 aromatic carbocycles. The van der Waals surface area contributed by atoms with Crippen molar-refractivity contribution in [3.63, 3.8) is 0 Å². The molecule has 0 saturated carbocycles. The molecule has 0 bridgehead atoms. The van der Waals surface area contributed by atoms with E-state index < -0.39 is 5.91 Å². The highest BCUT2D eigenvalue weighted by atomic mass is 16.5. The fraction of sp³-hybridized carbons (Fsp3) is 0.462. The van der Waals surface area contributed by atoms with Crippen LogP contribution in [0.1, 0.15) is 37.0 Å². The van der Waals surface area contributed by atoms with E-state index in [1.165, 1.54) is 0 Å². The van der Waals surface area contributed by atoms with Crippen molar-refractivity contribution in [3.8, 4) is 11.5 Å². The molecule has 4 heteroatoms. The Morgan fingerprint density at radius 1 is 1.12 bits per heavy atom. The quantitative estimate of drug-likeness (QED) is 0.791. The second kappa shape index (κ2) is 6.78. The van der Waals surface area contributed by atoms with Gasteiger partial charge in [0, 0.05) is 5.56 Å². The smallest absolute Gasteiger partial charge is 0.248 e. The minimum atomic E-state index is -0.464. The minimum absolute atomic E-state index is 0.431. The summed E-state index contributed by atoms with van der Waals surface area (Å²) in [4.78, 5) is 11.1. The Labute approximate surface area is 102 Å². The first-order chi connectivity index (χ1) is 8.19. The first kappa shape index (κ1) is 13.4. The molecule has 0 fully saturated rings. The molecule has 0 atom stereocenters. The Hall–Kier alpha value is -1.71. The number of benzene rings is 1. The lowest BCUT2D eigenvalue weighted by Crippen LogP contribution is -2.11. The average Bonchev–Trinajstić information content (AvgIpc) is 2.34. The van der Waals surface area contributed by atoms with Gasteiger partial charge in [0.1, 0.15) is 0 Å². The second-order valence-corrected chi connectivity index (χ2v) is 3.72. The summed E-state index contributed by atoms with van der Waals surface area (Å²) in [5.41, 5.74) is 5.66. The molecule has 17 heavy (non-hydrogen) atoms. The highest BCUT2D eigenvalue weighted by Crippen LogP contribution is 2.28. The molecule has 1 rings (SSSR count). The molecule has 0 spiro atoms. The average molecular weight is 237 g/mol. The number of rotatable bonds is 7. The molecule has 0 heterocycles. The van der Waals surface area contributed by atoms with Gasteiger partial charge in [-0.3, -0.25) is 4.79 Å². The van der Waals surface area contributed by atoms with Crippen LogP contribution in [0.4, 0.5) is 0 Å². The van der Waals surface area contributed by atoms with Gasteiger partial charge in [-0.1, -0.05) is 13.8 Å². The number of primary amides is 1. The van der Waals surface area contributed by atoms with Gasteiger partial charge in [-0.25, -0.2) is 0 Å². The van der Waals surface area contributed by atoms with Gasteiger partial charge in [0.2, 0.25) is 5.91 Å². The molecular formula is C13H19NO3. The maximum absolute atomic E-state index is 11.1. The van der Waals surface area contributed by atoms with Crippen LogP contribution in [0.3, 0.4) is 0 Å². The van der Waals surface area contributed by atoms with Crippen molar-refractivity contribution in [1.82, 2.24) is 0 Å². The Balaban J connectivity index is 2.90. The van der Waals surface area contributed by atoms with Gasteiger partial charge < -0.3 is 15.2 Å². The zero-order valence-corrected chi connectivity index (χ0v) is 10.4. The summed E-state index contributed by atoms with van der Waals surface area (Å²) >= 11 is 0. The predicted octanol–water partition coefficient (Wildman–Crippen LogP) is 2.36. The van der Waals surface area contributed by atoms with Crippen LogP contribution >= 0.6 is 0 Å². The lowest BCUT2D eigenvalue weighted by Gasteiger charge is -2.12. The van der Waals surface area contributed by atoms with Gasteiger partial charge in [0.05, 0.1) is 13.2 Å². The molecule has 0 aromatic heterocycles. The number of carbonyl (C=O) groups is 1. The number of hydrogen-bond acceptors (Lipinski definition) is 3. The Kier molecular flexibility index (Phi) is 5.33. The number of nitrogens with two attached hydrogens (primary N) is 1. The van der Waals surface area contributed by atoms with Crippen molar-refractivity contribution in [2.45, 2.75) is 26.7 Å². The van der Waals surface area contributed by atoms with Gasteiger partial charge in [0.15, 0.2) is 11.5 Å². The first-order valence-corrected chi connectivity index (χ1v) is 5.88. The summed E-state index contributed by atoms with van der Waals surface area (Å²) < 4.78 is 11.1. The van der Waals surface area contributed by atoms with Crippen LogP contribution in [0.5, 0.6) is 11.5 Å². The van der Waals surface area contributed by atoms with Gasteiger partial charge >= 0.3 is 0 Å². The van der Waals surface area contributed by atoms with Crippen molar-refractivity contribution in [1.29, 1.82) is 0 Å². The van der Waals surface area contributed by atoms with E-state index in [9.17, 15) is 4.79 Å². The fourth-order valence-electron chi connectivity index (χ4n) is 1.32. The normalized spacial score (nSPS) is 10.0. The van der Waals surface area contributed by atoms with E-state index in [0.29, 0.717) is 30.3 Å². The zero-order chi connectivity index (χ0) is 12.7. The van der Waals surface area contributed by atoms with Crippen LogP contribution in [-0.4, -0.2) is 19.1 Å². The molecule has 2 N–H and O–H groups in total. The van der Waals surface area contributed by atoms with Crippen LogP contribution < -0.4 is 15.2 Å². The van der Waals surface area contributed by atoms with Gasteiger partial charge in [-0.15, -0.1) is 0 Å². The summed E-state index contributed by atoms with van der Waals surface area (Å²) in [5.74, 6) is 0.773. The summed E-state index contributed by atoms with van der Waals surface area (Å²) in [6, 6.07) is 5.00. The highest BCUT2D eigenvalue weighted by molar-refractivity contribution is 5.93. The highest BCUT2D eigenvalue weighted by Gasteiger charge is 2.09. The minimum Gasteiger partial charge on any atom is -0.490 e. The maximum atomic E-state index is 11.1. The number of hydrogen-bond donors (Lipinski definition) is 1. The molecule has 1 amide bonds. The predicted molar refractivity (Wildman–Crippen MR) is 66.5 cm³/mol. The molecule has 1 aromatic rings. The molecule has 4 nitrogen and oxygen atoms in total. The van der Waals surface area contributed by atoms with Crippen molar-refractivity contribution in [3.05, 3.63) is 23.8 Å². The van der Waals surface area contributed by atoms with E-state index >= 15 is 0 Å². The van der Waals surface area contributed by atoms with E-state index in [2.05, 4.69) is 0 Å². The SMILES string of the molecule is CCCOc1ccc(C(N)=O)cc1OCCC. The van der Waals surface area contributed by atoms with Gasteiger partial charge in [-0.05, 0) is 31.0 Å². The number of amides is 1. The van der Waals surface area contributed by atoms with Crippen molar-refractivity contribution >= 4 is 5.91 Å². The van der Waals surface area contributed by atoms with E-state index in [1.54, 1.807) is 18.2 Å². The van der Waals surface area contributed by atoms with Crippen LogP contribution in [0.25, 0.3) is 0 Å². The third-order valence-electron chi connectivity index (χ3n) is 2.15. The lowest BCUT2D eigenvalue weighted by atomic mass is 10.2. The van der Waals surface area contributed by atoms with Crippen LogP contribution in [0, 0.1) is 0 Å². The zero-order valence-electron chi connectivity index (χ0n) is 10.4. The molecule has 0 radical (unpaired) electrons. The van der Waals surface area contributed by atoms with Gasteiger partial charge in [0.25, 0.3) is 0 Å². The van der Waals surface area contributed by atoms with E-state index in [-0.39, 0.29) is 0 Å². The molecule has 0 unspecified atom stereocenters. The lowest BCUT2D eigenvalue weighted by molar-refractivity contribution is 0.0999. The second-order valence-electron chi connectivity index (χ2n) is 3.72. The van der Waals surface area contributed by atoms with Gasteiger partial charge in [-0.2, -0.15) is 0 Å². The van der Waals surface area contributed by atoms with E-state index in [0.717, 1.165) is 12.8 Å². The molecule has 94 valence electrons. The van der Waals surface area contributed by atoms with E-state index in [1.807, 2.05) is 13.8 Å². The molecule has 0 aliphatic rings. The summed E-state index contributed by atoms with van der Waals surface area (Å²) in [7, 11) is 0. The third-order valence-corrected chi connectivity index (χ3v) is 2.15. The fourth-order valence-corrected chi connectivity index (χ4v) is 1.32. The number of carbonyl (C=O) groups excluding carboxylic acids is 1. The maximum Gasteiger partial charge on any atom is 0.248 e. The summed E-state index contributed by atoms with van der Waals surface area (Å²) in [5, 5.41) is 0. The first-order valence-electron chi connectivity index (χ1n) is 5.88. The monoisotopic (exact) mass is 237 g/mol. The summed E-state index contributed by atoms with van der Waals surface area (Å²) in [6.45, 7) is 5.26. The molecule has 0 aliphatic carbocycles. The Bertz CT molecular complexity index is 377. The molecule has 0 aliphatic heterocycles. The standard InChI is InChI=1S/C13H19NO3/c1-3-7-16-11-6-5-10(13(14)15)9-12(11)17-8-4-2/h5-6,9H,3-4,7-8H2,1-2H3,(H2,14,15). The van der Waals surface area contributed by atoms with E-state index in [4.69, 9.17) is 15.2 Å². The van der Waals surface area contributed by atoms with Crippen molar-refractivity contribution in [2.75, 3.05) is 13.2 Å². The van der Waals surface area contributed by atoms with Crippen molar-refractivity contribution < 1.29 is 14.3 Å². The Morgan fingerprint density at radius 3 is 2.24 bits per heavy atom. The number of ether oxygens (including phenoxy) is 2. The third kappa shape index (κ3) is 3.98. The van der Waals surface area contributed by atoms with Crippen LogP contribution in [0.15, 0.2) is 18.2 Å². The van der Waals surface area contributed by atoms with Crippen LogP contribution in [0.2, 0.25) is 0 Å².